The van der Waals surface area contributed by atoms with Crippen molar-refractivity contribution in [1.29, 1.82) is 0 Å². The monoisotopic (exact) mass is 237 g/mol. The normalized spacial score (nSPS) is 12.4. The van der Waals surface area contributed by atoms with E-state index in [0.717, 1.165) is 0 Å². The van der Waals surface area contributed by atoms with Crippen LogP contribution in [0.2, 0.25) is 0 Å². The fourth-order valence-corrected chi connectivity index (χ4v) is 1.71. The van der Waals surface area contributed by atoms with E-state index in [2.05, 4.69) is 6.58 Å². The Balaban J connectivity index is 2.90. The van der Waals surface area contributed by atoms with Crippen LogP contribution in [0, 0.1) is 5.82 Å². The second-order valence-corrected chi connectivity index (χ2v) is 3.81. The fraction of sp³-hybridized carbons (Fsp3) is 0.308. The third-order valence-corrected chi connectivity index (χ3v) is 2.60. The van der Waals surface area contributed by atoms with Crippen LogP contribution < -0.4 is 0 Å². The van der Waals surface area contributed by atoms with Gasteiger partial charge >= 0.3 is 5.97 Å². The first-order valence-electron chi connectivity index (χ1n) is 5.37. The number of aliphatic carboxylic acids is 1. The lowest BCUT2D eigenvalue weighted by Gasteiger charge is -2.26. The van der Waals surface area contributed by atoms with Crippen LogP contribution in [0.3, 0.4) is 0 Å². The third kappa shape index (κ3) is 3.67. The molecule has 0 saturated heterocycles. The lowest BCUT2D eigenvalue weighted by molar-refractivity contribution is -0.138. The van der Waals surface area contributed by atoms with Crippen molar-refractivity contribution in [3.05, 3.63) is 48.3 Å². The average Bonchev–Trinajstić information content (AvgIpc) is 2.28. The van der Waals surface area contributed by atoms with Gasteiger partial charge in [-0.15, -0.1) is 6.58 Å². The van der Waals surface area contributed by atoms with Crippen LogP contribution in [-0.4, -0.2) is 29.1 Å². The van der Waals surface area contributed by atoms with Crippen molar-refractivity contribution in [2.24, 2.45) is 0 Å². The molecule has 0 fully saturated rings. The predicted molar refractivity (Wildman–Crippen MR) is 64.2 cm³/mol. The van der Waals surface area contributed by atoms with Crippen LogP contribution in [0.1, 0.15) is 18.5 Å². The van der Waals surface area contributed by atoms with Crippen LogP contribution in [0.25, 0.3) is 0 Å². The number of carboxylic acid groups (broad SMARTS) is 1. The molecular formula is C13H16FNO2. The Morgan fingerprint density at radius 2 is 2.24 bits per heavy atom. The molecule has 1 rings (SSSR count). The van der Waals surface area contributed by atoms with E-state index in [-0.39, 0.29) is 18.4 Å². The van der Waals surface area contributed by atoms with Crippen LogP contribution in [-0.2, 0) is 4.79 Å². The highest BCUT2D eigenvalue weighted by atomic mass is 19.1. The number of benzene rings is 1. The summed E-state index contributed by atoms with van der Waals surface area (Å²) in [5.41, 5.74) is 0.496. The molecule has 0 bridgehead atoms. The lowest BCUT2D eigenvalue weighted by atomic mass is 10.1. The molecule has 0 aliphatic rings. The van der Waals surface area contributed by atoms with Gasteiger partial charge in [0.15, 0.2) is 0 Å². The molecule has 0 radical (unpaired) electrons. The zero-order valence-corrected chi connectivity index (χ0v) is 9.77. The highest BCUT2D eigenvalue weighted by molar-refractivity contribution is 5.69. The maximum absolute atomic E-state index is 13.6. The summed E-state index contributed by atoms with van der Waals surface area (Å²) in [6.07, 6.45) is 1.61. The van der Waals surface area contributed by atoms with Crippen LogP contribution in [0.15, 0.2) is 36.9 Å². The number of nitrogens with zero attached hydrogens (tertiary/aromatic N) is 1. The molecule has 0 spiro atoms. The average molecular weight is 237 g/mol. The smallest absolute Gasteiger partial charge is 0.317 e. The molecule has 0 heterocycles. The number of halogens is 1. The Bertz CT molecular complexity index is 406. The van der Waals surface area contributed by atoms with E-state index in [1.807, 2.05) is 0 Å². The van der Waals surface area contributed by atoms with Crippen molar-refractivity contribution in [3.8, 4) is 0 Å². The van der Waals surface area contributed by atoms with Crippen LogP contribution in [0.5, 0.6) is 0 Å². The Labute approximate surface area is 100 Å². The third-order valence-electron chi connectivity index (χ3n) is 2.60. The van der Waals surface area contributed by atoms with Gasteiger partial charge in [-0.3, -0.25) is 9.69 Å². The number of rotatable bonds is 6. The maximum atomic E-state index is 13.6. The molecule has 1 atom stereocenters. The fourth-order valence-electron chi connectivity index (χ4n) is 1.71. The summed E-state index contributed by atoms with van der Waals surface area (Å²) >= 11 is 0. The van der Waals surface area contributed by atoms with Gasteiger partial charge in [0.1, 0.15) is 5.82 Å². The Morgan fingerprint density at radius 3 is 2.76 bits per heavy atom. The molecule has 0 aromatic heterocycles. The predicted octanol–water partition coefficient (Wildman–Crippen LogP) is 2.46. The minimum Gasteiger partial charge on any atom is -0.480 e. The SMILES string of the molecule is C=CCN(CC(=O)O)C(C)c1ccccc1F. The van der Waals surface area contributed by atoms with Gasteiger partial charge in [0, 0.05) is 18.2 Å². The molecule has 0 saturated carbocycles. The number of hydrogen-bond acceptors (Lipinski definition) is 2. The van der Waals surface area contributed by atoms with Gasteiger partial charge in [-0.05, 0) is 13.0 Å². The van der Waals surface area contributed by atoms with Gasteiger partial charge in [-0.1, -0.05) is 24.3 Å². The molecule has 1 N–H and O–H groups in total. The zero-order chi connectivity index (χ0) is 12.8. The summed E-state index contributed by atoms with van der Waals surface area (Å²) in [5.74, 6) is -1.26. The maximum Gasteiger partial charge on any atom is 0.317 e. The van der Waals surface area contributed by atoms with Gasteiger partial charge in [0.05, 0.1) is 6.54 Å². The van der Waals surface area contributed by atoms with E-state index in [1.54, 1.807) is 36.1 Å². The van der Waals surface area contributed by atoms with Crippen molar-refractivity contribution >= 4 is 5.97 Å². The van der Waals surface area contributed by atoms with E-state index in [4.69, 9.17) is 5.11 Å². The second-order valence-electron chi connectivity index (χ2n) is 3.81. The summed E-state index contributed by atoms with van der Waals surface area (Å²) in [6.45, 7) is 5.63. The lowest BCUT2D eigenvalue weighted by Crippen LogP contribution is -2.32. The van der Waals surface area contributed by atoms with Gasteiger partial charge < -0.3 is 5.11 Å². The summed E-state index contributed by atoms with van der Waals surface area (Å²) in [7, 11) is 0. The van der Waals surface area contributed by atoms with Gasteiger partial charge in [-0.25, -0.2) is 4.39 Å². The van der Waals surface area contributed by atoms with E-state index in [0.29, 0.717) is 12.1 Å². The first-order valence-corrected chi connectivity index (χ1v) is 5.37. The molecule has 3 nitrogen and oxygen atoms in total. The summed E-state index contributed by atoms with van der Waals surface area (Å²) in [5, 5.41) is 8.81. The molecule has 0 aliphatic heterocycles. The highest BCUT2D eigenvalue weighted by Gasteiger charge is 2.19. The van der Waals surface area contributed by atoms with E-state index >= 15 is 0 Å². The molecule has 92 valence electrons. The number of hydrogen-bond donors (Lipinski definition) is 1. The van der Waals surface area contributed by atoms with Crippen molar-refractivity contribution in [2.75, 3.05) is 13.1 Å². The number of carbonyl (C=O) groups is 1. The standard InChI is InChI=1S/C13H16FNO2/c1-3-8-15(9-13(16)17)10(2)11-6-4-5-7-12(11)14/h3-7,10H,1,8-9H2,2H3,(H,16,17). The molecule has 1 aromatic rings. The zero-order valence-electron chi connectivity index (χ0n) is 9.77. The summed E-state index contributed by atoms with van der Waals surface area (Å²) in [6, 6.07) is 6.09. The minimum absolute atomic E-state index is 0.137. The van der Waals surface area contributed by atoms with Gasteiger partial charge in [0.25, 0.3) is 0 Å². The minimum atomic E-state index is -0.935. The van der Waals surface area contributed by atoms with Crippen molar-refractivity contribution in [3.63, 3.8) is 0 Å². The molecule has 0 amide bonds. The van der Waals surface area contributed by atoms with Crippen LogP contribution in [0.4, 0.5) is 4.39 Å². The van der Waals surface area contributed by atoms with Crippen LogP contribution >= 0.6 is 0 Å². The van der Waals surface area contributed by atoms with Crippen molar-refractivity contribution in [1.82, 2.24) is 4.90 Å². The van der Waals surface area contributed by atoms with Crippen molar-refractivity contribution < 1.29 is 14.3 Å². The first kappa shape index (κ1) is 13.4. The molecule has 0 aliphatic carbocycles. The molecule has 1 unspecified atom stereocenters. The summed E-state index contributed by atoms with van der Waals surface area (Å²) in [4.78, 5) is 12.4. The quantitative estimate of drug-likeness (QED) is 0.773. The van der Waals surface area contributed by atoms with Gasteiger partial charge in [0.2, 0.25) is 0 Å². The molecule has 17 heavy (non-hydrogen) atoms. The Morgan fingerprint density at radius 1 is 1.59 bits per heavy atom. The first-order chi connectivity index (χ1) is 8.06. The van der Waals surface area contributed by atoms with Crippen molar-refractivity contribution in [2.45, 2.75) is 13.0 Å². The summed E-state index contributed by atoms with van der Waals surface area (Å²) < 4.78 is 13.6. The Hall–Kier alpha value is -1.68. The highest BCUT2D eigenvalue weighted by Crippen LogP contribution is 2.22. The molecule has 4 heteroatoms. The van der Waals surface area contributed by atoms with E-state index in [9.17, 15) is 9.18 Å². The molecule has 1 aromatic carbocycles. The topological polar surface area (TPSA) is 40.5 Å². The molecular weight excluding hydrogens is 221 g/mol. The largest absolute Gasteiger partial charge is 0.480 e. The second kappa shape index (κ2) is 6.15. The van der Waals surface area contributed by atoms with Gasteiger partial charge in [-0.2, -0.15) is 0 Å². The van der Waals surface area contributed by atoms with E-state index in [1.165, 1.54) is 6.07 Å². The van der Waals surface area contributed by atoms with E-state index < -0.39 is 5.97 Å². The Kier molecular flexibility index (Phi) is 4.84. The number of carboxylic acids is 1.